The fraction of sp³-hybridized carbons (Fsp3) is 0.467. The van der Waals surface area contributed by atoms with Crippen molar-refractivity contribution in [3.63, 3.8) is 0 Å². The molecule has 0 aromatic heterocycles. The van der Waals surface area contributed by atoms with E-state index in [1.54, 1.807) is 6.92 Å². The molecule has 0 bridgehead atoms. The Morgan fingerprint density at radius 2 is 1.90 bits per heavy atom. The summed E-state index contributed by atoms with van der Waals surface area (Å²) in [6, 6.07) is 2.75. The van der Waals surface area contributed by atoms with Crippen LogP contribution in [0.5, 0.6) is 0 Å². The highest BCUT2D eigenvalue weighted by molar-refractivity contribution is 5.95. The second-order valence-electron chi connectivity index (χ2n) is 6.00. The van der Waals surface area contributed by atoms with Crippen LogP contribution in [0.2, 0.25) is 0 Å². The van der Waals surface area contributed by atoms with Gasteiger partial charge in [-0.1, -0.05) is 0 Å². The summed E-state index contributed by atoms with van der Waals surface area (Å²) >= 11 is 0. The number of carbonyl (C=O) groups excluding carboxylic acids is 2. The highest BCUT2D eigenvalue weighted by Gasteiger charge is 2.16. The quantitative estimate of drug-likeness (QED) is 0.740. The van der Waals surface area contributed by atoms with E-state index in [9.17, 15) is 14.0 Å². The molecule has 2 amide bonds. The van der Waals surface area contributed by atoms with Gasteiger partial charge in [-0.25, -0.2) is 4.39 Å². The van der Waals surface area contributed by atoms with Crippen LogP contribution < -0.4 is 16.4 Å². The molecule has 0 radical (unpaired) electrons. The molecule has 4 N–H and O–H groups in total. The van der Waals surface area contributed by atoms with Crippen molar-refractivity contribution in [1.82, 2.24) is 10.6 Å². The van der Waals surface area contributed by atoms with Crippen LogP contribution in [0.1, 0.15) is 43.1 Å². The molecule has 1 aromatic rings. The van der Waals surface area contributed by atoms with Crippen LogP contribution in [0.4, 0.5) is 10.1 Å². The van der Waals surface area contributed by atoms with Crippen LogP contribution in [0, 0.1) is 12.7 Å². The molecular weight excluding hydrogens is 273 g/mol. The minimum Gasteiger partial charge on any atom is -0.399 e. The van der Waals surface area contributed by atoms with Gasteiger partial charge < -0.3 is 16.4 Å². The monoisotopic (exact) mass is 295 g/mol. The number of hydrogen-bond donors (Lipinski definition) is 3. The van der Waals surface area contributed by atoms with Gasteiger partial charge in [0.2, 0.25) is 5.91 Å². The molecule has 0 aliphatic rings. The lowest BCUT2D eigenvalue weighted by atomic mass is 10.1. The fourth-order valence-corrected chi connectivity index (χ4v) is 1.83. The molecular formula is C15H22FN3O2. The first kappa shape index (κ1) is 16.9. The highest BCUT2D eigenvalue weighted by atomic mass is 19.1. The molecule has 5 nitrogen and oxygen atoms in total. The molecule has 6 heteroatoms. The number of nitrogen functional groups attached to an aromatic ring is 1. The van der Waals surface area contributed by atoms with Crippen LogP contribution in [0.3, 0.4) is 0 Å². The van der Waals surface area contributed by atoms with Crippen molar-refractivity contribution in [2.75, 3.05) is 12.3 Å². The molecule has 21 heavy (non-hydrogen) atoms. The van der Waals surface area contributed by atoms with Gasteiger partial charge in [0.15, 0.2) is 0 Å². The summed E-state index contributed by atoms with van der Waals surface area (Å²) in [6.45, 7) is 7.28. The van der Waals surface area contributed by atoms with Crippen LogP contribution in [-0.4, -0.2) is 23.9 Å². The Balaban J connectivity index is 2.58. The molecule has 116 valence electrons. The summed E-state index contributed by atoms with van der Waals surface area (Å²) in [4.78, 5) is 23.5. The number of nitrogens with two attached hydrogens (primary N) is 1. The van der Waals surface area contributed by atoms with E-state index >= 15 is 0 Å². The van der Waals surface area contributed by atoms with Crippen molar-refractivity contribution >= 4 is 17.5 Å². The average molecular weight is 295 g/mol. The molecule has 0 unspecified atom stereocenters. The van der Waals surface area contributed by atoms with Crippen molar-refractivity contribution in [3.05, 3.63) is 29.1 Å². The van der Waals surface area contributed by atoms with E-state index in [-0.39, 0.29) is 30.0 Å². The zero-order valence-electron chi connectivity index (χ0n) is 12.8. The number of rotatable bonds is 4. The van der Waals surface area contributed by atoms with Crippen LogP contribution in [0.25, 0.3) is 0 Å². The van der Waals surface area contributed by atoms with Crippen molar-refractivity contribution in [2.24, 2.45) is 0 Å². The third kappa shape index (κ3) is 5.41. The van der Waals surface area contributed by atoms with Gasteiger partial charge in [0.05, 0.1) is 5.56 Å². The number of anilines is 1. The second kappa shape index (κ2) is 6.56. The first-order chi connectivity index (χ1) is 9.60. The SMILES string of the molecule is Cc1cc(N)cc(C(=O)NCCC(=O)NC(C)(C)C)c1F. The zero-order chi connectivity index (χ0) is 16.2. The van der Waals surface area contributed by atoms with E-state index in [0.717, 1.165) is 0 Å². The molecule has 0 aliphatic heterocycles. The Kier molecular flexibility index (Phi) is 5.29. The molecule has 0 fully saturated rings. The van der Waals surface area contributed by atoms with Crippen molar-refractivity contribution < 1.29 is 14.0 Å². The number of halogens is 1. The first-order valence-corrected chi connectivity index (χ1v) is 6.75. The van der Waals surface area contributed by atoms with E-state index in [1.807, 2.05) is 20.8 Å². The minimum absolute atomic E-state index is 0.108. The Morgan fingerprint density at radius 3 is 2.48 bits per heavy atom. The van der Waals surface area contributed by atoms with Gasteiger partial charge in [-0.3, -0.25) is 9.59 Å². The summed E-state index contributed by atoms with van der Waals surface area (Å²) in [5, 5.41) is 5.29. The third-order valence-electron chi connectivity index (χ3n) is 2.67. The predicted octanol–water partition coefficient (Wildman–Crippen LogP) is 1.75. The maximum absolute atomic E-state index is 13.8. The third-order valence-corrected chi connectivity index (χ3v) is 2.67. The van der Waals surface area contributed by atoms with Gasteiger partial charge >= 0.3 is 0 Å². The first-order valence-electron chi connectivity index (χ1n) is 6.75. The van der Waals surface area contributed by atoms with E-state index in [1.165, 1.54) is 12.1 Å². The molecule has 1 rings (SSSR count). The second-order valence-corrected chi connectivity index (χ2v) is 6.00. The van der Waals surface area contributed by atoms with E-state index < -0.39 is 11.7 Å². The van der Waals surface area contributed by atoms with Crippen molar-refractivity contribution in [2.45, 2.75) is 39.7 Å². The summed E-state index contributed by atoms with van der Waals surface area (Å²) in [6.07, 6.45) is 0.131. The number of aryl methyl sites for hydroxylation is 1. The number of hydrogen-bond acceptors (Lipinski definition) is 3. The molecule has 0 saturated carbocycles. The van der Waals surface area contributed by atoms with Gasteiger partial charge in [0.1, 0.15) is 5.82 Å². The largest absolute Gasteiger partial charge is 0.399 e. The maximum Gasteiger partial charge on any atom is 0.254 e. The van der Waals surface area contributed by atoms with E-state index in [0.29, 0.717) is 11.3 Å². The topological polar surface area (TPSA) is 84.2 Å². The molecule has 0 spiro atoms. The number of benzene rings is 1. The summed E-state index contributed by atoms with van der Waals surface area (Å²) in [5.41, 5.74) is 5.81. The Morgan fingerprint density at radius 1 is 1.29 bits per heavy atom. The standard InChI is InChI=1S/C15H22FN3O2/c1-9-7-10(17)8-11(13(9)16)14(21)18-6-5-12(20)19-15(2,3)4/h7-8H,5-6,17H2,1-4H3,(H,18,21)(H,19,20). The summed E-state index contributed by atoms with van der Waals surface area (Å²) < 4.78 is 13.8. The highest BCUT2D eigenvalue weighted by Crippen LogP contribution is 2.16. The van der Waals surface area contributed by atoms with Crippen LogP contribution >= 0.6 is 0 Å². The summed E-state index contributed by atoms with van der Waals surface area (Å²) in [5.74, 6) is -1.35. The molecule has 0 saturated heterocycles. The summed E-state index contributed by atoms with van der Waals surface area (Å²) in [7, 11) is 0. The van der Waals surface area contributed by atoms with Gasteiger partial charge in [-0.2, -0.15) is 0 Å². The molecule has 0 aliphatic carbocycles. The van der Waals surface area contributed by atoms with E-state index in [2.05, 4.69) is 10.6 Å². The van der Waals surface area contributed by atoms with Crippen molar-refractivity contribution in [3.8, 4) is 0 Å². The lowest BCUT2D eigenvalue weighted by molar-refractivity contribution is -0.122. The van der Waals surface area contributed by atoms with Gasteiger partial charge in [-0.05, 0) is 45.4 Å². The van der Waals surface area contributed by atoms with Gasteiger partial charge in [0, 0.05) is 24.2 Å². The number of nitrogens with one attached hydrogen (secondary N) is 2. The Hall–Kier alpha value is -2.11. The fourth-order valence-electron chi connectivity index (χ4n) is 1.83. The van der Waals surface area contributed by atoms with Crippen LogP contribution in [-0.2, 0) is 4.79 Å². The normalized spacial score (nSPS) is 11.1. The van der Waals surface area contributed by atoms with Gasteiger partial charge in [0.25, 0.3) is 5.91 Å². The van der Waals surface area contributed by atoms with Crippen molar-refractivity contribution in [1.29, 1.82) is 0 Å². The molecule has 0 atom stereocenters. The number of amides is 2. The Labute approximate surface area is 124 Å². The van der Waals surface area contributed by atoms with E-state index in [4.69, 9.17) is 5.73 Å². The zero-order valence-corrected chi connectivity index (χ0v) is 12.8. The lowest BCUT2D eigenvalue weighted by Gasteiger charge is -2.20. The maximum atomic E-state index is 13.8. The van der Waals surface area contributed by atoms with Gasteiger partial charge in [-0.15, -0.1) is 0 Å². The minimum atomic E-state index is -0.596. The molecule has 0 heterocycles. The predicted molar refractivity (Wildman–Crippen MR) is 80.4 cm³/mol. The smallest absolute Gasteiger partial charge is 0.254 e. The molecule has 1 aromatic carbocycles. The van der Waals surface area contributed by atoms with Crippen LogP contribution in [0.15, 0.2) is 12.1 Å². The Bertz CT molecular complexity index is 551. The number of carbonyl (C=O) groups is 2. The lowest BCUT2D eigenvalue weighted by Crippen LogP contribution is -2.42. The average Bonchev–Trinajstić information content (AvgIpc) is 2.31.